The van der Waals surface area contributed by atoms with Gasteiger partial charge in [-0.1, -0.05) is 6.07 Å². The van der Waals surface area contributed by atoms with Crippen LogP contribution in [0.15, 0.2) is 30.6 Å². The first kappa shape index (κ1) is 16.4. The fraction of sp³-hybridized carbons (Fsp3) is 0.444. The fourth-order valence-electron chi connectivity index (χ4n) is 2.88. The van der Waals surface area contributed by atoms with Crippen LogP contribution in [-0.2, 0) is 17.8 Å². The standard InChI is InChI=1S/C18H23N3O3/c1-13-19-6-8-21(13)7-5-18(22)20-11-14-9-15-3-4-16(23-2)10-17(15)24-12-14/h3-4,6,8,10,14H,5,7,9,11-12H2,1-2H3,(H,20,22)/t14-/m0/s1. The highest BCUT2D eigenvalue weighted by molar-refractivity contribution is 5.75. The molecule has 6 nitrogen and oxygen atoms in total. The van der Waals surface area contributed by atoms with Gasteiger partial charge in [0, 0.05) is 43.9 Å². The average molecular weight is 329 g/mol. The second-order valence-electron chi connectivity index (χ2n) is 6.08. The van der Waals surface area contributed by atoms with E-state index in [0.29, 0.717) is 32.0 Å². The molecule has 0 saturated carbocycles. The second kappa shape index (κ2) is 7.38. The van der Waals surface area contributed by atoms with Gasteiger partial charge in [0.2, 0.25) is 5.91 Å². The van der Waals surface area contributed by atoms with Crippen LogP contribution in [0.25, 0.3) is 0 Å². The summed E-state index contributed by atoms with van der Waals surface area (Å²) in [4.78, 5) is 16.2. The number of methoxy groups -OCH3 is 1. The van der Waals surface area contributed by atoms with E-state index in [4.69, 9.17) is 9.47 Å². The van der Waals surface area contributed by atoms with Crippen LogP contribution in [0.1, 0.15) is 17.8 Å². The largest absolute Gasteiger partial charge is 0.497 e. The Morgan fingerprint density at radius 1 is 1.50 bits per heavy atom. The van der Waals surface area contributed by atoms with E-state index in [9.17, 15) is 4.79 Å². The monoisotopic (exact) mass is 329 g/mol. The molecule has 1 atom stereocenters. The normalized spacial score (nSPS) is 16.2. The van der Waals surface area contributed by atoms with E-state index in [2.05, 4.69) is 10.3 Å². The molecule has 0 radical (unpaired) electrons. The number of rotatable bonds is 6. The summed E-state index contributed by atoms with van der Waals surface area (Å²) in [7, 11) is 1.65. The first-order valence-corrected chi connectivity index (χ1v) is 8.20. The van der Waals surface area contributed by atoms with Crippen molar-refractivity contribution in [1.82, 2.24) is 14.9 Å². The number of hydrogen-bond donors (Lipinski definition) is 1. The van der Waals surface area contributed by atoms with E-state index in [-0.39, 0.29) is 5.91 Å². The molecular formula is C18H23N3O3. The van der Waals surface area contributed by atoms with Crippen molar-refractivity contribution >= 4 is 5.91 Å². The lowest BCUT2D eigenvalue weighted by Gasteiger charge is -2.25. The molecule has 0 aliphatic carbocycles. The van der Waals surface area contributed by atoms with Crippen molar-refractivity contribution in [3.05, 3.63) is 42.0 Å². The summed E-state index contributed by atoms with van der Waals surface area (Å²) >= 11 is 0. The summed E-state index contributed by atoms with van der Waals surface area (Å²) in [6.45, 7) is 3.83. The van der Waals surface area contributed by atoms with Crippen LogP contribution in [0.5, 0.6) is 11.5 Å². The highest BCUT2D eigenvalue weighted by Gasteiger charge is 2.20. The van der Waals surface area contributed by atoms with Crippen molar-refractivity contribution in [2.45, 2.75) is 26.3 Å². The minimum atomic E-state index is 0.0589. The molecule has 0 unspecified atom stereocenters. The molecule has 1 aliphatic rings. The number of ether oxygens (including phenoxy) is 2. The first-order chi connectivity index (χ1) is 11.7. The van der Waals surface area contributed by atoms with Gasteiger partial charge < -0.3 is 19.4 Å². The molecule has 0 bridgehead atoms. The summed E-state index contributed by atoms with van der Waals surface area (Å²) in [5.41, 5.74) is 1.16. The Balaban J connectivity index is 1.45. The summed E-state index contributed by atoms with van der Waals surface area (Å²) in [6.07, 6.45) is 5.00. The zero-order chi connectivity index (χ0) is 16.9. The van der Waals surface area contributed by atoms with Crippen molar-refractivity contribution < 1.29 is 14.3 Å². The first-order valence-electron chi connectivity index (χ1n) is 8.20. The van der Waals surface area contributed by atoms with Crippen molar-refractivity contribution in [3.63, 3.8) is 0 Å². The molecule has 3 rings (SSSR count). The van der Waals surface area contributed by atoms with Gasteiger partial charge in [-0.15, -0.1) is 0 Å². The van der Waals surface area contributed by atoms with E-state index in [1.807, 2.05) is 35.9 Å². The molecule has 1 aliphatic heterocycles. The van der Waals surface area contributed by atoms with E-state index in [0.717, 1.165) is 29.3 Å². The van der Waals surface area contributed by atoms with E-state index in [1.165, 1.54) is 0 Å². The summed E-state index contributed by atoms with van der Waals surface area (Å²) in [5, 5.41) is 3.01. The third kappa shape index (κ3) is 3.88. The Kier molecular flexibility index (Phi) is 5.03. The smallest absolute Gasteiger partial charge is 0.221 e. The molecule has 1 N–H and O–H groups in total. The Morgan fingerprint density at radius 3 is 3.12 bits per heavy atom. The molecule has 0 saturated heterocycles. The number of imidazole rings is 1. The molecule has 2 heterocycles. The minimum Gasteiger partial charge on any atom is -0.497 e. The van der Waals surface area contributed by atoms with Crippen LogP contribution >= 0.6 is 0 Å². The Morgan fingerprint density at radius 2 is 2.38 bits per heavy atom. The number of hydrogen-bond acceptors (Lipinski definition) is 4. The maximum absolute atomic E-state index is 12.0. The van der Waals surface area contributed by atoms with Crippen molar-refractivity contribution in [1.29, 1.82) is 0 Å². The van der Waals surface area contributed by atoms with Crippen LogP contribution in [0, 0.1) is 12.8 Å². The number of aryl methyl sites for hydroxylation is 2. The van der Waals surface area contributed by atoms with Crippen molar-refractivity contribution in [2.24, 2.45) is 5.92 Å². The highest BCUT2D eigenvalue weighted by atomic mass is 16.5. The molecule has 6 heteroatoms. The predicted octanol–water partition coefficient (Wildman–Crippen LogP) is 1.96. The zero-order valence-corrected chi connectivity index (χ0v) is 14.1. The maximum atomic E-state index is 12.0. The number of fused-ring (bicyclic) bond motifs is 1. The van der Waals surface area contributed by atoms with E-state index >= 15 is 0 Å². The number of amides is 1. The van der Waals surface area contributed by atoms with Gasteiger partial charge in [-0.3, -0.25) is 4.79 Å². The Bertz CT molecular complexity index is 711. The summed E-state index contributed by atoms with van der Waals surface area (Å²) in [5.74, 6) is 2.96. The molecule has 1 aromatic carbocycles. The van der Waals surface area contributed by atoms with Gasteiger partial charge in [-0.05, 0) is 25.0 Å². The summed E-state index contributed by atoms with van der Waals surface area (Å²) in [6, 6.07) is 5.89. The Hall–Kier alpha value is -2.50. The lowest BCUT2D eigenvalue weighted by molar-refractivity contribution is -0.121. The lowest BCUT2D eigenvalue weighted by Crippen LogP contribution is -2.35. The van der Waals surface area contributed by atoms with Crippen LogP contribution < -0.4 is 14.8 Å². The van der Waals surface area contributed by atoms with E-state index in [1.54, 1.807) is 13.3 Å². The van der Waals surface area contributed by atoms with E-state index < -0.39 is 0 Å². The number of carbonyl (C=O) groups is 1. The highest BCUT2D eigenvalue weighted by Crippen LogP contribution is 2.30. The topological polar surface area (TPSA) is 65.4 Å². The van der Waals surface area contributed by atoms with Gasteiger partial charge >= 0.3 is 0 Å². The van der Waals surface area contributed by atoms with Gasteiger partial charge in [0.05, 0.1) is 13.7 Å². The second-order valence-corrected chi connectivity index (χ2v) is 6.08. The van der Waals surface area contributed by atoms with Crippen LogP contribution in [-0.4, -0.2) is 35.7 Å². The third-order valence-electron chi connectivity index (χ3n) is 4.35. The SMILES string of the molecule is COc1ccc2c(c1)OC[C@H](CNC(=O)CCn1ccnc1C)C2. The number of nitrogens with one attached hydrogen (secondary N) is 1. The molecule has 0 spiro atoms. The van der Waals surface area contributed by atoms with Gasteiger partial charge in [-0.25, -0.2) is 4.98 Å². The molecule has 2 aromatic rings. The third-order valence-corrected chi connectivity index (χ3v) is 4.35. The molecule has 1 aromatic heterocycles. The minimum absolute atomic E-state index is 0.0589. The molecule has 1 amide bonds. The fourth-order valence-corrected chi connectivity index (χ4v) is 2.88. The van der Waals surface area contributed by atoms with Gasteiger partial charge in [0.15, 0.2) is 0 Å². The number of carbonyl (C=O) groups excluding carboxylic acids is 1. The lowest BCUT2D eigenvalue weighted by atomic mass is 9.96. The van der Waals surface area contributed by atoms with Gasteiger partial charge in [0.25, 0.3) is 0 Å². The van der Waals surface area contributed by atoms with Gasteiger partial charge in [-0.2, -0.15) is 0 Å². The van der Waals surface area contributed by atoms with Crippen molar-refractivity contribution in [2.75, 3.05) is 20.3 Å². The molecule has 128 valence electrons. The Labute approximate surface area is 141 Å². The quantitative estimate of drug-likeness (QED) is 0.880. The average Bonchev–Trinajstić information content (AvgIpc) is 3.02. The molecule has 0 fully saturated rings. The number of nitrogens with zero attached hydrogens (tertiary/aromatic N) is 2. The van der Waals surface area contributed by atoms with Gasteiger partial charge in [0.1, 0.15) is 17.3 Å². The molecular weight excluding hydrogens is 306 g/mol. The van der Waals surface area contributed by atoms with Crippen LogP contribution in [0.3, 0.4) is 0 Å². The molecule has 24 heavy (non-hydrogen) atoms. The number of benzene rings is 1. The predicted molar refractivity (Wildman–Crippen MR) is 90.3 cm³/mol. The number of aromatic nitrogens is 2. The van der Waals surface area contributed by atoms with Crippen LogP contribution in [0.2, 0.25) is 0 Å². The van der Waals surface area contributed by atoms with Crippen molar-refractivity contribution in [3.8, 4) is 11.5 Å². The zero-order valence-electron chi connectivity index (χ0n) is 14.1. The maximum Gasteiger partial charge on any atom is 0.221 e. The van der Waals surface area contributed by atoms with Crippen LogP contribution in [0.4, 0.5) is 0 Å². The summed E-state index contributed by atoms with van der Waals surface area (Å²) < 4.78 is 13.0.